The maximum absolute atomic E-state index is 10.3. The number of nitrogens with one attached hydrogen (secondary N) is 1. The van der Waals surface area contributed by atoms with Crippen molar-refractivity contribution in [2.45, 2.75) is 0 Å². The summed E-state index contributed by atoms with van der Waals surface area (Å²) in [5.41, 5.74) is 0. The summed E-state index contributed by atoms with van der Waals surface area (Å²) in [6, 6.07) is 0. The first kappa shape index (κ1) is 4.43. The van der Waals surface area contributed by atoms with Crippen molar-refractivity contribution in [1.29, 1.82) is 0 Å². The minimum atomic E-state index is -0.590. The van der Waals surface area contributed by atoms with Gasteiger partial charge >= 0.3 is 0 Å². The Kier molecular flexibility index (Phi) is 1.34. The summed E-state index contributed by atoms with van der Waals surface area (Å²) >= 11 is -0.590. The third-order valence-electron chi connectivity index (χ3n) is 0.658. The second-order valence-corrected chi connectivity index (χ2v) is 2.66. The average molecular weight is 104 g/mol. The molecule has 0 bridgehead atoms. The molecular weight excluding hydrogens is 98.1 g/mol. The SMILES string of the molecule is [O-][S+]1C[CH]NC1. The van der Waals surface area contributed by atoms with Crippen molar-refractivity contribution in [3.05, 3.63) is 6.54 Å². The van der Waals surface area contributed by atoms with Crippen LogP contribution in [0.5, 0.6) is 0 Å². The molecule has 0 saturated carbocycles. The molecule has 0 aromatic carbocycles. The van der Waals surface area contributed by atoms with Crippen LogP contribution in [0.15, 0.2) is 0 Å². The molecule has 0 spiro atoms. The van der Waals surface area contributed by atoms with Gasteiger partial charge in [0.25, 0.3) is 0 Å². The molecule has 1 unspecified atom stereocenters. The molecule has 0 aromatic rings. The average Bonchev–Trinajstić information content (AvgIpc) is 1.86. The number of rotatable bonds is 0. The van der Waals surface area contributed by atoms with Crippen molar-refractivity contribution in [1.82, 2.24) is 5.32 Å². The lowest BCUT2D eigenvalue weighted by atomic mass is 10.8. The lowest BCUT2D eigenvalue weighted by molar-refractivity contribution is 0.600. The van der Waals surface area contributed by atoms with Gasteiger partial charge in [0, 0.05) is 0 Å². The van der Waals surface area contributed by atoms with Crippen molar-refractivity contribution in [3.63, 3.8) is 0 Å². The van der Waals surface area contributed by atoms with Crippen molar-refractivity contribution < 1.29 is 4.55 Å². The standard InChI is InChI=1S/C3H6NOS/c5-6-2-1-4-3-6/h1,4H,2-3H2. The van der Waals surface area contributed by atoms with Crippen LogP contribution < -0.4 is 5.32 Å². The molecule has 3 heteroatoms. The summed E-state index contributed by atoms with van der Waals surface area (Å²) in [5.74, 6) is 1.37. The van der Waals surface area contributed by atoms with E-state index in [1.807, 2.05) is 6.54 Å². The Labute approximate surface area is 40.1 Å². The molecule has 1 aliphatic rings. The van der Waals surface area contributed by atoms with Gasteiger partial charge in [-0.15, -0.1) is 0 Å². The van der Waals surface area contributed by atoms with E-state index in [4.69, 9.17) is 0 Å². The van der Waals surface area contributed by atoms with Crippen LogP contribution in [0, 0.1) is 6.54 Å². The minimum Gasteiger partial charge on any atom is -0.615 e. The van der Waals surface area contributed by atoms with Gasteiger partial charge in [0.15, 0.2) is 5.88 Å². The zero-order valence-electron chi connectivity index (χ0n) is 3.31. The monoisotopic (exact) mass is 104 g/mol. The van der Waals surface area contributed by atoms with Gasteiger partial charge in [0.1, 0.15) is 5.75 Å². The molecule has 6 heavy (non-hydrogen) atoms. The summed E-state index contributed by atoms with van der Waals surface area (Å²) in [7, 11) is 0. The second kappa shape index (κ2) is 1.82. The van der Waals surface area contributed by atoms with Crippen LogP contribution in [0.1, 0.15) is 0 Å². The fourth-order valence-corrected chi connectivity index (χ4v) is 1.09. The molecule has 0 amide bonds. The van der Waals surface area contributed by atoms with Crippen molar-refractivity contribution >= 4 is 11.2 Å². The first-order valence-corrected chi connectivity index (χ1v) is 3.28. The predicted octanol–water partition coefficient (Wildman–Crippen LogP) is -0.542. The minimum absolute atomic E-state index is 0.590. The quantitative estimate of drug-likeness (QED) is 0.419. The normalized spacial score (nSPS) is 34.5. The van der Waals surface area contributed by atoms with Crippen LogP contribution in [0.4, 0.5) is 0 Å². The fourth-order valence-electron chi connectivity index (χ4n) is 0.363. The number of hydrogen-bond donors (Lipinski definition) is 1. The zero-order valence-corrected chi connectivity index (χ0v) is 4.12. The molecule has 2 nitrogen and oxygen atoms in total. The summed E-state index contributed by atoms with van der Waals surface area (Å²) in [4.78, 5) is 0. The van der Waals surface area contributed by atoms with Crippen LogP contribution in [-0.4, -0.2) is 16.2 Å². The first-order valence-electron chi connectivity index (χ1n) is 1.79. The van der Waals surface area contributed by atoms with Gasteiger partial charge in [-0.25, -0.2) is 0 Å². The van der Waals surface area contributed by atoms with E-state index < -0.39 is 11.2 Å². The van der Waals surface area contributed by atoms with E-state index in [1.54, 1.807) is 0 Å². The van der Waals surface area contributed by atoms with E-state index in [2.05, 4.69) is 5.32 Å². The van der Waals surface area contributed by atoms with Crippen LogP contribution in [-0.2, 0) is 11.2 Å². The molecular formula is C3H6NOS. The second-order valence-electron chi connectivity index (χ2n) is 1.16. The Bertz CT molecular complexity index is 44.1. The maximum atomic E-state index is 10.3. The Hall–Kier alpha value is 0.270. The van der Waals surface area contributed by atoms with Gasteiger partial charge in [-0.2, -0.15) is 0 Å². The van der Waals surface area contributed by atoms with Gasteiger partial charge in [0.05, 0.1) is 6.54 Å². The molecule has 1 aliphatic heterocycles. The highest BCUT2D eigenvalue weighted by Crippen LogP contribution is 1.95. The van der Waals surface area contributed by atoms with Gasteiger partial charge in [-0.1, -0.05) is 0 Å². The zero-order chi connectivity index (χ0) is 4.41. The van der Waals surface area contributed by atoms with Gasteiger partial charge in [-0.05, 0) is 11.2 Å². The molecule has 0 aliphatic carbocycles. The van der Waals surface area contributed by atoms with Gasteiger partial charge in [0.2, 0.25) is 0 Å². The molecule has 1 saturated heterocycles. The van der Waals surface area contributed by atoms with Crippen LogP contribution in [0.3, 0.4) is 0 Å². The number of hydrogen-bond acceptors (Lipinski definition) is 2. The van der Waals surface area contributed by atoms with E-state index in [1.165, 1.54) is 0 Å². The highest BCUT2D eigenvalue weighted by Gasteiger charge is 2.11. The predicted molar refractivity (Wildman–Crippen MR) is 25.3 cm³/mol. The highest BCUT2D eigenvalue weighted by atomic mass is 32.2. The Morgan fingerprint density at radius 1 is 1.83 bits per heavy atom. The molecule has 0 aromatic heterocycles. The molecule has 35 valence electrons. The smallest absolute Gasteiger partial charge is 0.157 e. The van der Waals surface area contributed by atoms with E-state index in [0.717, 1.165) is 5.75 Å². The Balaban J connectivity index is 2.18. The lowest BCUT2D eigenvalue weighted by Crippen LogP contribution is -2.06. The van der Waals surface area contributed by atoms with E-state index in [9.17, 15) is 4.55 Å². The molecule has 1 rings (SSSR count). The van der Waals surface area contributed by atoms with Gasteiger partial charge < -0.3 is 4.55 Å². The molecule has 1 atom stereocenters. The van der Waals surface area contributed by atoms with Gasteiger partial charge in [-0.3, -0.25) is 5.32 Å². The topological polar surface area (TPSA) is 35.1 Å². The van der Waals surface area contributed by atoms with Crippen LogP contribution in [0.2, 0.25) is 0 Å². The fraction of sp³-hybridized carbons (Fsp3) is 0.667. The Morgan fingerprint density at radius 3 is 2.83 bits per heavy atom. The van der Waals surface area contributed by atoms with E-state index in [0.29, 0.717) is 5.88 Å². The third-order valence-corrected chi connectivity index (χ3v) is 1.68. The lowest BCUT2D eigenvalue weighted by Gasteiger charge is -1.94. The van der Waals surface area contributed by atoms with E-state index >= 15 is 0 Å². The van der Waals surface area contributed by atoms with Crippen molar-refractivity contribution in [2.75, 3.05) is 11.6 Å². The first-order chi connectivity index (χ1) is 2.89. The Morgan fingerprint density at radius 2 is 2.67 bits per heavy atom. The van der Waals surface area contributed by atoms with Crippen LogP contribution in [0.25, 0.3) is 0 Å². The summed E-state index contributed by atoms with van der Waals surface area (Å²) in [6.07, 6.45) is 0. The molecule has 1 N–H and O–H groups in total. The summed E-state index contributed by atoms with van der Waals surface area (Å²) in [6.45, 7) is 1.83. The van der Waals surface area contributed by atoms with Crippen molar-refractivity contribution in [3.8, 4) is 0 Å². The van der Waals surface area contributed by atoms with E-state index in [-0.39, 0.29) is 0 Å². The highest BCUT2D eigenvalue weighted by molar-refractivity contribution is 7.91. The molecule has 1 heterocycles. The maximum Gasteiger partial charge on any atom is 0.157 e. The largest absolute Gasteiger partial charge is 0.615 e. The molecule has 1 radical (unpaired) electrons. The third kappa shape index (κ3) is 0.864. The molecule has 1 fully saturated rings. The van der Waals surface area contributed by atoms with Crippen LogP contribution >= 0.6 is 0 Å². The van der Waals surface area contributed by atoms with Crippen molar-refractivity contribution in [2.24, 2.45) is 0 Å². The summed E-state index contributed by atoms with van der Waals surface area (Å²) < 4.78 is 10.3. The summed E-state index contributed by atoms with van der Waals surface area (Å²) in [5, 5.41) is 2.85.